The van der Waals surface area contributed by atoms with Gasteiger partial charge in [0, 0.05) is 11.1 Å². The Kier molecular flexibility index (Phi) is 10.8. The summed E-state index contributed by atoms with van der Waals surface area (Å²) in [7, 11) is 0. The molecule has 3 aromatic rings. The van der Waals surface area contributed by atoms with E-state index in [0.717, 1.165) is 123 Å². The molecule has 0 bridgehead atoms. The number of hydrogen-bond acceptors (Lipinski definition) is 2. The molecule has 2 nitrogen and oxygen atoms in total. The lowest BCUT2D eigenvalue weighted by Crippen LogP contribution is -2.30. The molecule has 0 N–H and O–H groups in total. The average molecular weight is 624 g/mol. The van der Waals surface area contributed by atoms with Crippen LogP contribution in [0.2, 0.25) is 0 Å². The summed E-state index contributed by atoms with van der Waals surface area (Å²) in [5, 5.41) is 0. The Labute approximate surface area is 267 Å². The monoisotopic (exact) mass is 623 g/mol. The molecule has 0 saturated heterocycles. The highest BCUT2D eigenvalue weighted by molar-refractivity contribution is 7.37. The van der Waals surface area contributed by atoms with Gasteiger partial charge in [-0.05, 0) is 84.1 Å². The molecule has 0 spiro atoms. The van der Waals surface area contributed by atoms with Gasteiger partial charge < -0.3 is 4.74 Å². The van der Waals surface area contributed by atoms with Gasteiger partial charge in [-0.3, -0.25) is 0 Å². The third kappa shape index (κ3) is 6.90. The van der Waals surface area contributed by atoms with Crippen LogP contribution in [0.1, 0.15) is 131 Å². The van der Waals surface area contributed by atoms with Gasteiger partial charge in [0.25, 0.3) is 0 Å². The number of alkyl halides is 3. The molecule has 3 aliphatic carbocycles. The van der Waals surface area contributed by atoms with Crippen LogP contribution in [0.4, 0.5) is 13.2 Å². The van der Waals surface area contributed by atoms with Crippen LogP contribution in [0.3, 0.4) is 0 Å². The van der Waals surface area contributed by atoms with E-state index in [-0.39, 0.29) is 31.1 Å². The lowest BCUT2D eigenvalue weighted by atomic mass is 9.68. The van der Waals surface area contributed by atoms with Crippen molar-refractivity contribution in [2.75, 3.05) is 0 Å². The lowest BCUT2D eigenvalue weighted by Gasteiger charge is -2.37. The van der Waals surface area contributed by atoms with Crippen molar-refractivity contribution in [2.45, 2.75) is 120 Å². The summed E-state index contributed by atoms with van der Waals surface area (Å²) < 4.78 is 47.8. The van der Waals surface area contributed by atoms with Crippen molar-refractivity contribution < 1.29 is 22.7 Å². The summed E-state index contributed by atoms with van der Waals surface area (Å²) in [4.78, 5) is 12.8. The molecule has 0 heterocycles. The Balaban J connectivity index is 0.00000384. The topological polar surface area (TPSA) is 26.3 Å². The number of halogens is 3. The van der Waals surface area contributed by atoms with Gasteiger partial charge in [-0.15, -0.1) is 0 Å². The molecule has 0 unspecified atom stereocenters. The quantitative estimate of drug-likeness (QED) is 0.155. The summed E-state index contributed by atoms with van der Waals surface area (Å²) in [5.41, 5.74) is 7.10. The fourth-order valence-electron chi connectivity index (χ4n) is 8.24. The minimum atomic E-state index is -5.07. The maximum absolute atomic E-state index is 14.0. The number of rotatable bonds is 6. The van der Waals surface area contributed by atoms with Gasteiger partial charge in [0.05, 0.1) is 0 Å². The Morgan fingerprint density at radius 3 is 1.23 bits per heavy atom. The predicted molar refractivity (Wildman–Crippen MR) is 178 cm³/mol. The van der Waals surface area contributed by atoms with Crippen molar-refractivity contribution in [3.8, 4) is 28.0 Å². The summed E-state index contributed by atoms with van der Waals surface area (Å²) in [6, 6.07) is 20.4. The zero-order valence-electron chi connectivity index (χ0n) is 25.6. The minimum Gasteiger partial charge on any atom is -0.419 e. The fourth-order valence-corrected chi connectivity index (χ4v) is 8.24. The van der Waals surface area contributed by atoms with E-state index in [1.165, 1.54) is 12.0 Å². The number of carbonyl (C=O) groups excluding carboxylic acids is 1. The van der Waals surface area contributed by atoms with E-state index in [1.54, 1.807) is 0 Å². The number of benzene rings is 3. The Morgan fingerprint density at radius 1 is 0.545 bits per heavy atom. The van der Waals surface area contributed by atoms with Gasteiger partial charge in [-0.1, -0.05) is 132 Å². The van der Waals surface area contributed by atoms with Crippen molar-refractivity contribution in [1.82, 2.24) is 0 Å². The molecule has 236 valence electrons. The highest BCUT2D eigenvalue weighted by Gasteiger charge is 2.44. The second kappa shape index (κ2) is 14.6. The summed E-state index contributed by atoms with van der Waals surface area (Å²) in [6.45, 7) is 0. The molecule has 3 aromatic carbocycles. The molecule has 6 heteroatoms. The molecule has 44 heavy (non-hydrogen) atoms. The molecule has 0 aromatic heterocycles. The van der Waals surface area contributed by atoms with Crippen molar-refractivity contribution in [3.05, 3.63) is 77.4 Å². The van der Waals surface area contributed by atoms with Crippen molar-refractivity contribution in [1.29, 1.82) is 0 Å². The minimum absolute atomic E-state index is 0. The molecular weight excluding hydrogens is 577 g/mol. The smallest absolute Gasteiger partial charge is 0.419 e. The third-order valence-corrected chi connectivity index (χ3v) is 10.2. The van der Waals surface area contributed by atoms with Crippen LogP contribution in [0.25, 0.3) is 22.3 Å². The van der Waals surface area contributed by atoms with Gasteiger partial charge in [-0.2, -0.15) is 13.2 Å². The van der Waals surface area contributed by atoms with E-state index in [2.05, 4.69) is 24.3 Å². The molecule has 0 amide bonds. The predicted octanol–water partition coefficient (Wildman–Crippen LogP) is 10.8. The van der Waals surface area contributed by atoms with Gasteiger partial charge in [0.1, 0.15) is 5.75 Å². The molecule has 0 atom stereocenters. The number of ether oxygens (including phenoxy) is 1. The van der Waals surface area contributed by atoms with Crippen molar-refractivity contribution in [3.63, 3.8) is 0 Å². The first-order valence-electron chi connectivity index (χ1n) is 16.6. The second-order valence-electron chi connectivity index (χ2n) is 12.9. The van der Waals surface area contributed by atoms with Crippen molar-refractivity contribution >= 4 is 19.5 Å². The maximum Gasteiger partial charge on any atom is 0.491 e. The number of esters is 1. The normalized spacial score (nSPS) is 18.9. The van der Waals surface area contributed by atoms with E-state index in [9.17, 15) is 18.0 Å². The maximum atomic E-state index is 14.0. The SMILES string of the molecule is O=C(Oc1c(C2CCCCC2)c(-c2ccccc2)c(C2CCCCC2)c(-c2ccccc2)c1C1CCCCC1)C(F)(F)F.[SH3+]. The third-order valence-electron chi connectivity index (χ3n) is 10.2. The Bertz CT molecular complexity index is 1300. The highest BCUT2D eigenvalue weighted by atomic mass is 32.1. The van der Waals surface area contributed by atoms with E-state index >= 15 is 0 Å². The van der Waals surface area contributed by atoms with Crippen molar-refractivity contribution in [2.24, 2.45) is 0 Å². The van der Waals surface area contributed by atoms with Crippen LogP contribution >= 0.6 is 0 Å². The Morgan fingerprint density at radius 2 is 0.886 bits per heavy atom. The van der Waals surface area contributed by atoms with Crippen LogP contribution in [0.15, 0.2) is 60.7 Å². The first-order valence-corrected chi connectivity index (χ1v) is 16.6. The van der Waals surface area contributed by atoms with Crippen LogP contribution in [-0.4, -0.2) is 12.1 Å². The molecule has 0 aliphatic heterocycles. The van der Waals surface area contributed by atoms with E-state index < -0.39 is 12.1 Å². The first-order chi connectivity index (χ1) is 20.9. The first kappa shape index (κ1) is 32.7. The van der Waals surface area contributed by atoms with Crippen LogP contribution < -0.4 is 4.74 Å². The summed E-state index contributed by atoms with van der Waals surface area (Å²) in [6.07, 6.45) is 10.5. The average Bonchev–Trinajstić information content (AvgIpc) is 3.05. The molecular formula is C38H46F3O2S+. The largest absolute Gasteiger partial charge is 0.491 e. The van der Waals surface area contributed by atoms with Gasteiger partial charge in [-0.25, -0.2) is 4.79 Å². The van der Waals surface area contributed by atoms with Crippen LogP contribution in [0.5, 0.6) is 5.75 Å². The van der Waals surface area contributed by atoms with Crippen LogP contribution in [-0.2, 0) is 18.3 Å². The summed E-state index contributed by atoms with van der Waals surface area (Å²) in [5.74, 6) is -1.48. The van der Waals surface area contributed by atoms with E-state index in [1.807, 2.05) is 36.4 Å². The summed E-state index contributed by atoms with van der Waals surface area (Å²) >= 11 is 0. The second-order valence-corrected chi connectivity index (χ2v) is 12.9. The zero-order valence-corrected chi connectivity index (χ0v) is 26.8. The van der Waals surface area contributed by atoms with Gasteiger partial charge in [0.2, 0.25) is 0 Å². The highest BCUT2D eigenvalue weighted by Crippen LogP contribution is 2.57. The van der Waals surface area contributed by atoms with E-state index in [4.69, 9.17) is 4.74 Å². The molecule has 6 rings (SSSR count). The standard InChI is InChI=1S/C38H43F3O2.H2S/c39-38(40,41)37(42)43-36-34(29-22-12-4-13-23-29)32(27-18-8-2-9-19-27)31(26-16-6-1-7-17-26)33(28-20-10-3-11-21-28)35(36)30-24-14-5-15-25-30;/h2-3,8-11,18-21,26,29-30H,1,4-7,12-17,22-25H2;1H2/p+1. The molecule has 3 fully saturated rings. The van der Waals surface area contributed by atoms with Gasteiger partial charge >= 0.3 is 12.1 Å². The molecule has 0 radical (unpaired) electrons. The number of hydrogen-bond donors (Lipinski definition) is 0. The molecule has 3 aliphatic rings. The van der Waals surface area contributed by atoms with Crippen LogP contribution in [0, 0.1) is 0 Å². The van der Waals surface area contributed by atoms with Gasteiger partial charge in [0.15, 0.2) is 0 Å². The molecule has 3 saturated carbocycles. The lowest BCUT2D eigenvalue weighted by molar-refractivity contribution is -0.189. The Hall–Kier alpha value is -2.73. The fraction of sp³-hybridized carbons (Fsp3) is 0.500. The zero-order chi connectivity index (χ0) is 29.8. The van der Waals surface area contributed by atoms with E-state index in [0.29, 0.717) is 5.92 Å². The number of carbonyl (C=O) groups is 1.